The molecule has 1 unspecified atom stereocenters. The lowest BCUT2D eigenvalue weighted by Crippen LogP contribution is -2.43. The Kier molecular flexibility index (Phi) is 6.32. The van der Waals surface area contributed by atoms with Gasteiger partial charge in [0, 0.05) is 6.04 Å². The zero-order chi connectivity index (χ0) is 12.0. The maximum absolute atomic E-state index is 9.22. The van der Waals surface area contributed by atoms with E-state index in [-0.39, 0.29) is 6.10 Å². The molecular weight excluding hydrogens is 200 g/mol. The molecule has 0 saturated carbocycles. The van der Waals surface area contributed by atoms with Crippen LogP contribution in [0, 0.1) is 0 Å². The van der Waals surface area contributed by atoms with Gasteiger partial charge in [0.1, 0.15) is 0 Å². The SMILES string of the molecule is CCN1CCC(N(C)CCCC(C)O)CC1. The number of hydrogen-bond acceptors (Lipinski definition) is 3. The van der Waals surface area contributed by atoms with Crippen molar-refractivity contribution in [2.24, 2.45) is 0 Å². The average molecular weight is 228 g/mol. The van der Waals surface area contributed by atoms with Gasteiger partial charge in [-0.3, -0.25) is 0 Å². The molecule has 1 N–H and O–H groups in total. The molecule has 1 saturated heterocycles. The molecular formula is C13H28N2O. The van der Waals surface area contributed by atoms with Gasteiger partial charge in [0.2, 0.25) is 0 Å². The van der Waals surface area contributed by atoms with Gasteiger partial charge in [-0.05, 0) is 65.8 Å². The lowest BCUT2D eigenvalue weighted by atomic mass is 10.0. The van der Waals surface area contributed by atoms with Crippen LogP contribution in [0.3, 0.4) is 0 Å². The van der Waals surface area contributed by atoms with Gasteiger partial charge in [-0.15, -0.1) is 0 Å². The van der Waals surface area contributed by atoms with E-state index in [0.717, 1.165) is 25.4 Å². The fourth-order valence-corrected chi connectivity index (χ4v) is 2.50. The maximum atomic E-state index is 9.22. The minimum Gasteiger partial charge on any atom is -0.393 e. The molecule has 1 atom stereocenters. The lowest BCUT2D eigenvalue weighted by Gasteiger charge is -2.36. The van der Waals surface area contributed by atoms with Crippen LogP contribution in [0.1, 0.15) is 39.5 Å². The van der Waals surface area contributed by atoms with E-state index >= 15 is 0 Å². The van der Waals surface area contributed by atoms with Crippen molar-refractivity contribution in [2.75, 3.05) is 33.2 Å². The van der Waals surface area contributed by atoms with E-state index in [0.29, 0.717) is 0 Å². The van der Waals surface area contributed by atoms with Crippen molar-refractivity contribution >= 4 is 0 Å². The molecule has 3 heteroatoms. The summed E-state index contributed by atoms with van der Waals surface area (Å²) in [5.41, 5.74) is 0. The highest BCUT2D eigenvalue weighted by Gasteiger charge is 2.20. The van der Waals surface area contributed by atoms with Crippen LogP contribution in [0.4, 0.5) is 0 Å². The molecule has 0 amide bonds. The smallest absolute Gasteiger partial charge is 0.0512 e. The first kappa shape index (κ1) is 13.9. The van der Waals surface area contributed by atoms with Crippen LogP contribution in [0.2, 0.25) is 0 Å². The minimum absolute atomic E-state index is 0.143. The second-order valence-corrected chi connectivity index (χ2v) is 5.14. The van der Waals surface area contributed by atoms with Crippen LogP contribution in [-0.2, 0) is 0 Å². The molecule has 0 aliphatic carbocycles. The first-order valence-electron chi connectivity index (χ1n) is 6.74. The standard InChI is InChI=1S/C13H28N2O/c1-4-15-10-7-13(8-11-15)14(3)9-5-6-12(2)16/h12-13,16H,4-11H2,1-3H3. The molecule has 0 spiro atoms. The Morgan fingerprint density at radius 2 is 2.00 bits per heavy atom. The molecule has 0 aromatic rings. The van der Waals surface area contributed by atoms with Crippen molar-refractivity contribution in [3.8, 4) is 0 Å². The molecule has 96 valence electrons. The predicted molar refractivity (Wildman–Crippen MR) is 68.7 cm³/mol. The number of rotatable bonds is 6. The summed E-state index contributed by atoms with van der Waals surface area (Å²) < 4.78 is 0. The normalized spacial score (nSPS) is 21.6. The van der Waals surface area contributed by atoms with Crippen LogP contribution in [0.15, 0.2) is 0 Å². The van der Waals surface area contributed by atoms with Gasteiger partial charge in [-0.1, -0.05) is 6.92 Å². The molecule has 1 fully saturated rings. The number of aliphatic hydroxyl groups is 1. The van der Waals surface area contributed by atoms with Crippen molar-refractivity contribution in [3.63, 3.8) is 0 Å². The summed E-state index contributed by atoms with van der Waals surface area (Å²) in [7, 11) is 2.23. The summed E-state index contributed by atoms with van der Waals surface area (Å²) in [6.07, 6.45) is 4.51. The fourth-order valence-electron chi connectivity index (χ4n) is 2.50. The van der Waals surface area contributed by atoms with Gasteiger partial charge in [-0.25, -0.2) is 0 Å². The quantitative estimate of drug-likeness (QED) is 0.747. The van der Waals surface area contributed by atoms with Gasteiger partial charge in [-0.2, -0.15) is 0 Å². The number of nitrogens with zero attached hydrogens (tertiary/aromatic N) is 2. The Bertz CT molecular complexity index is 177. The Morgan fingerprint density at radius 3 is 2.50 bits per heavy atom. The van der Waals surface area contributed by atoms with Crippen LogP contribution < -0.4 is 0 Å². The monoisotopic (exact) mass is 228 g/mol. The molecule has 16 heavy (non-hydrogen) atoms. The van der Waals surface area contributed by atoms with E-state index in [1.54, 1.807) is 0 Å². The van der Waals surface area contributed by atoms with Gasteiger partial charge in [0.15, 0.2) is 0 Å². The van der Waals surface area contributed by atoms with E-state index in [1.165, 1.54) is 32.5 Å². The molecule has 1 heterocycles. The molecule has 1 aliphatic rings. The number of aliphatic hydroxyl groups excluding tert-OH is 1. The van der Waals surface area contributed by atoms with Gasteiger partial charge in [0.25, 0.3) is 0 Å². The van der Waals surface area contributed by atoms with Crippen LogP contribution >= 0.6 is 0 Å². The molecule has 0 radical (unpaired) electrons. The third kappa shape index (κ3) is 4.81. The number of hydrogen-bond donors (Lipinski definition) is 1. The highest BCUT2D eigenvalue weighted by atomic mass is 16.3. The third-order valence-corrected chi connectivity index (χ3v) is 3.76. The van der Waals surface area contributed by atoms with Crippen molar-refractivity contribution in [3.05, 3.63) is 0 Å². The van der Waals surface area contributed by atoms with E-state index in [9.17, 15) is 5.11 Å². The van der Waals surface area contributed by atoms with Crippen LogP contribution in [0.25, 0.3) is 0 Å². The van der Waals surface area contributed by atoms with Crippen molar-refractivity contribution in [1.29, 1.82) is 0 Å². The van der Waals surface area contributed by atoms with E-state index < -0.39 is 0 Å². The predicted octanol–water partition coefficient (Wildman–Crippen LogP) is 1.56. The Hall–Kier alpha value is -0.120. The molecule has 3 nitrogen and oxygen atoms in total. The third-order valence-electron chi connectivity index (χ3n) is 3.76. The summed E-state index contributed by atoms with van der Waals surface area (Å²) in [6.45, 7) is 8.94. The minimum atomic E-state index is -0.143. The fraction of sp³-hybridized carbons (Fsp3) is 1.00. The van der Waals surface area contributed by atoms with Crippen molar-refractivity contribution in [1.82, 2.24) is 9.80 Å². The lowest BCUT2D eigenvalue weighted by molar-refractivity contribution is 0.122. The molecule has 1 rings (SSSR count). The van der Waals surface area contributed by atoms with Gasteiger partial charge in [0.05, 0.1) is 6.10 Å². The summed E-state index contributed by atoms with van der Waals surface area (Å²) in [6, 6.07) is 0.761. The van der Waals surface area contributed by atoms with Crippen molar-refractivity contribution in [2.45, 2.75) is 51.7 Å². The van der Waals surface area contributed by atoms with E-state index in [4.69, 9.17) is 0 Å². The summed E-state index contributed by atoms with van der Waals surface area (Å²) in [5.74, 6) is 0. The highest BCUT2D eigenvalue weighted by Crippen LogP contribution is 2.15. The zero-order valence-electron chi connectivity index (χ0n) is 11.2. The van der Waals surface area contributed by atoms with Gasteiger partial charge >= 0.3 is 0 Å². The number of piperidine rings is 1. The van der Waals surface area contributed by atoms with E-state index in [2.05, 4.69) is 23.8 Å². The second kappa shape index (κ2) is 7.25. The topological polar surface area (TPSA) is 26.7 Å². The zero-order valence-corrected chi connectivity index (χ0v) is 11.2. The summed E-state index contributed by atoms with van der Waals surface area (Å²) in [4.78, 5) is 5.01. The van der Waals surface area contributed by atoms with Crippen LogP contribution in [0.5, 0.6) is 0 Å². The Balaban J connectivity index is 2.15. The van der Waals surface area contributed by atoms with Crippen LogP contribution in [-0.4, -0.2) is 60.3 Å². The highest BCUT2D eigenvalue weighted by molar-refractivity contribution is 4.77. The first-order valence-corrected chi connectivity index (χ1v) is 6.74. The summed E-state index contributed by atoms with van der Waals surface area (Å²) >= 11 is 0. The molecule has 0 bridgehead atoms. The maximum Gasteiger partial charge on any atom is 0.0512 e. The first-order chi connectivity index (χ1) is 7.63. The van der Waals surface area contributed by atoms with Crippen molar-refractivity contribution < 1.29 is 5.11 Å². The summed E-state index contributed by atoms with van der Waals surface area (Å²) in [5, 5.41) is 9.22. The number of likely N-dealkylation sites (tertiary alicyclic amines) is 1. The van der Waals surface area contributed by atoms with E-state index in [1.807, 2.05) is 6.92 Å². The average Bonchev–Trinajstić information content (AvgIpc) is 2.28. The second-order valence-electron chi connectivity index (χ2n) is 5.14. The molecule has 0 aromatic heterocycles. The van der Waals surface area contributed by atoms with Gasteiger partial charge < -0.3 is 14.9 Å². The largest absolute Gasteiger partial charge is 0.393 e. The Labute approximate surface area is 100 Å². The molecule has 1 aliphatic heterocycles. The Morgan fingerprint density at radius 1 is 1.38 bits per heavy atom. The molecule has 0 aromatic carbocycles.